The Labute approximate surface area is 80.8 Å². The molecule has 0 unspecified atom stereocenters. The van der Waals surface area contributed by atoms with Gasteiger partial charge >= 0.3 is 0 Å². The van der Waals surface area contributed by atoms with Crippen molar-refractivity contribution in [2.75, 3.05) is 14.1 Å². The van der Waals surface area contributed by atoms with Crippen LogP contribution >= 0.6 is 11.3 Å². The van der Waals surface area contributed by atoms with Crippen molar-refractivity contribution in [2.24, 2.45) is 0 Å². The van der Waals surface area contributed by atoms with Crippen LogP contribution in [0.15, 0.2) is 0 Å². The van der Waals surface area contributed by atoms with Crippen LogP contribution in [-0.2, 0) is 6.54 Å². The number of quaternary nitrogens is 1. The number of hydrogen-bond donors (Lipinski definition) is 1. The third-order valence-corrected chi connectivity index (χ3v) is 2.67. The van der Waals surface area contributed by atoms with E-state index >= 15 is 0 Å². The second kappa shape index (κ2) is 3.85. The highest BCUT2D eigenvalue weighted by atomic mass is 32.1. The molecule has 0 amide bonds. The summed E-state index contributed by atoms with van der Waals surface area (Å²) < 4.78 is 0. The van der Waals surface area contributed by atoms with E-state index in [4.69, 9.17) is 0 Å². The van der Waals surface area contributed by atoms with Gasteiger partial charge in [-0.15, -0.1) is 11.3 Å². The molecule has 0 atom stereocenters. The first-order chi connectivity index (χ1) is 6.00. The molecular formula is C8H12N2O2S. The minimum atomic E-state index is -1.13. The lowest BCUT2D eigenvalue weighted by atomic mass is 10.4. The van der Waals surface area contributed by atoms with Gasteiger partial charge in [-0.25, -0.2) is 4.98 Å². The van der Waals surface area contributed by atoms with E-state index in [0.29, 0.717) is 5.69 Å². The van der Waals surface area contributed by atoms with Crippen LogP contribution in [0.3, 0.4) is 0 Å². The number of carbonyl (C=O) groups is 1. The number of aryl methyl sites for hydroxylation is 1. The van der Waals surface area contributed by atoms with Crippen LogP contribution in [0.5, 0.6) is 0 Å². The molecule has 1 aromatic rings. The fraction of sp³-hybridized carbons (Fsp3) is 0.500. The summed E-state index contributed by atoms with van der Waals surface area (Å²) in [6.45, 7) is 2.44. The number of nitrogens with zero attached hydrogens (tertiary/aromatic N) is 1. The predicted octanol–water partition coefficient (Wildman–Crippen LogP) is -1.54. The third-order valence-electron chi connectivity index (χ3n) is 1.53. The Balaban J connectivity index is 2.89. The summed E-state index contributed by atoms with van der Waals surface area (Å²) in [5.41, 5.74) is 0.557. The molecule has 1 rings (SSSR count). The highest BCUT2D eigenvalue weighted by Gasteiger charge is 2.09. The van der Waals surface area contributed by atoms with Crippen LogP contribution in [-0.4, -0.2) is 25.0 Å². The molecule has 0 aromatic carbocycles. The lowest BCUT2D eigenvalue weighted by Crippen LogP contribution is -3.04. The van der Waals surface area contributed by atoms with Crippen LogP contribution in [0.1, 0.15) is 20.4 Å². The average molecular weight is 200 g/mol. The van der Waals surface area contributed by atoms with E-state index in [-0.39, 0.29) is 4.88 Å². The normalized spacial score (nSPS) is 10.8. The fourth-order valence-corrected chi connectivity index (χ4v) is 2.08. The van der Waals surface area contributed by atoms with Crippen LogP contribution in [0.25, 0.3) is 0 Å². The second-order valence-corrected chi connectivity index (χ2v) is 4.28. The average Bonchev–Trinajstić information content (AvgIpc) is 2.29. The molecule has 72 valence electrons. The van der Waals surface area contributed by atoms with Gasteiger partial charge in [-0.1, -0.05) is 0 Å². The number of rotatable bonds is 3. The topological polar surface area (TPSA) is 57.5 Å². The molecule has 0 radical (unpaired) electrons. The Hall–Kier alpha value is -0.940. The van der Waals surface area contributed by atoms with Gasteiger partial charge in [0.2, 0.25) is 0 Å². The smallest absolute Gasteiger partial charge is 0.148 e. The first-order valence-corrected chi connectivity index (χ1v) is 4.79. The summed E-state index contributed by atoms with van der Waals surface area (Å²) >= 11 is 1.20. The highest BCUT2D eigenvalue weighted by molar-refractivity contribution is 7.13. The van der Waals surface area contributed by atoms with Crippen LogP contribution in [0.2, 0.25) is 0 Å². The van der Waals surface area contributed by atoms with Crippen LogP contribution in [0, 0.1) is 6.92 Å². The monoisotopic (exact) mass is 200 g/mol. The summed E-state index contributed by atoms with van der Waals surface area (Å²) in [4.78, 5) is 16.2. The zero-order valence-electron chi connectivity index (χ0n) is 7.88. The van der Waals surface area contributed by atoms with Gasteiger partial charge in [-0.3, -0.25) is 0 Å². The molecule has 0 aliphatic rings. The van der Waals surface area contributed by atoms with E-state index in [1.165, 1.54) is 16.2 Å². The highest BCUT2D eigenvalue weighted by Crippen LogP contribution is 2.15. The molecule has 1 N–H and O–H groups in total. The molecule has 1 aromatic heterocycles. The number of carboxylic acids is 1. The van der Waals surface area contributed by atoms with Gasteiger partial charge in [0, 0.05) is 0 Å². The molecule has 0 spiro atoms. The molecule has 0 fully saturated rings. The molecule has 0 bridgehead atoms. The number of nitrogens with one attached hydrogen (secondary N) is 1. The summed E-state index contributed by atoms with van der Waals surface area (Å²) in [5, 5.41) is 11.4. The molecule has 0 aliphatic heterocycles. The van der Waals surface area contributed by atoms with Gasteiger partial charge in [0.05, 0.1) is 30.6 Å². The maximum Gasteiger partial charge on any atom is 0.148 e. The van der Waals surface area contributed by atoms with E-state index in [1.54, 1.807) is 6.92 Å². The lowest BCUT2D eigenvalue weighted by molar-refractivity contribution is -0.872. The standard InChI is InChI=1S/C8H12N2O2S/c1-5-7(8(11)12)13-6(9-5)4-10(2)3/h4H2,1-3H3,(H,11,12). The van der Waals surface area contributed by atoms with Crippen molar-refractivity contribution >= 4 is 17.3 Å². The van der Waals surface area contributed by atoms with Crippen LogP contribution < -0.4 is 10.0 Å². The minimum Gasteiger partial charge on any atom is -0.544 e. The molecule has 0 aliphatic carbocycles. The van der Waals surface area contributed by atoms with Crippen molar-refractivity contribution in [1.82, 2.24) is 4.98 Å². The Morgan fingerprint density at radius 3 is 2.62 bits per heavy atom. The van der Waals surface area contributed by atoms with Gasteiger partial charge in [0.1, 0.15) is 11.6 Å². The molecule has 5 heteroatoms. The number of carbonyl (C=O) groups excluding carboxylic acids is 1. The van der Waals surface area contributed by atoms with E-state index in [1.807, 2.05) is 14.1 Å². The molecule has 4 nitrogen and oxygen atoms in total. The lowest BCUT2D eigenvalue weighted by Gasteiger charge is -2.02. The first-order valence-electron chi connectivity index (χ1n) is 3.97. The van der Waals surface area contributed by atoms with Crippen LogP contribution in [0.4, 0.5) is 0 Å². The van der Waals surface area contributed by atoms with Crippen molar-refractivity contribution in [3.8, 4) is 0 Å². The number of aromatic nitrogens is 1. The Kier molecular flexibility index (Phi) is 3.00. The van der Waals surface area contributed by atoms with Crippen molar-refractivity contribution in [2.45, 2.75) is 13.5 Å². The predicted molar refractivity (Wildman–Crippen MR) is 47.7 cm³/mol. The van der Waals surface area contributed by atoms with Gasteiger partial charge in [0.25, 0.3) is 0 Å². The molecule has 0 saturated carbocycles. The van der Waals surface area contributed by atoms with E-state index < -0.39 is 5.97 Å². The van der Waals surface area contributed by atoms with Crippen molar-refractivity contribution in [3.05, 3.63) is 15.6 Å². The second-order valence-electron chi connectivity index (χ2n) is 3.19. The Morgan fingerprint density at radius 1 is 1.62 bits per heavy atom. The Bertz CT molecular complexity index is 320. The summed E-state index contributed by atoms with van der Waals surface area (Å²) in [7, 11) is 3.99. The van der Waals surface area contributed by atoms with Crippen molar-refractivity contribution in [1.29, 1.82) is 0 Å². The maximum atomic E-state index is 10.6. The Morgan fingerprint density at radius 2 is 2.23 bits per heavy atom. The molecular weight excluding hydrogens is 188 g/mol. The van der Waals surface area contributed by atoms with E-state index in [2.05, 4.69) is 4.98 Å². The van der Waals surface area contributed by atoms with Gasteiger partial charge in [-0.05, 0) is 6.92 Å². The maximum absolute atomic E-state index is 10.6. The molecule has 0 saturated heterocycles. The van der Waals surface area contributed by atoms with E-state index in [0.717, 1.165) is 11.6 Å². The summed E-state index contributed by atoms with van der Waals surface area (Å²) in [6, 6.07) is 0. The summed E-state index contributed by atoms with van der Waals surface area (Å²) in [5.74, 6) is -1.13. The SMILES string of the molecule is Cc1nc(C[NH+](C)C)sc1C(=O)[O-]. The van der Waals surface area contributed by atoms with Gasteiger partial charge in [0.15, 0.2) is 0 Å². The minimum absolute atomic E-state index is 0.247. The number of aromatic carboxylic acids is 1. The largest absolute Gasteiger partial charge is 0.544 e. The molecule has 13 heavy (non-hydrogen) atoms. The molecule has 1 heterocycles. The zero-order valence-corrected chi connectivity index (χ0v) is 8.70. The van der Waals surface area contributed by atoms with Crippen molar-refractivity contribution < 1.29 is 14.8 Å². The summed E-state index contributed by atoms with van der Waals surface area (Å²) in [6.07, 6.45) is 0. The van der Waals surface area contributed by atoms with Gasteiger partial charge < -0.3 is 14.8 Å². The first kappa shape index (κ1) is 10.1. The third kappa shape index (κ3) is 2.50. The number of hydrogen-bond acceptors (Lipinski definition) is 4. The van der Waals surface area contributed by atoms with Gasteiger partial charge in [-0.2, -0.15) is 0 Å². The zero-order chi connectivity index (χ0) is 10.0. The fourth-order valence-electron chi connectivity index (χ4n) is 1.02. The quantitative estimate of drug-likeness (QED) is 0.643. The van der Waals surface area contributed by atoms with Crippen molar-refractivity contribution in [3.63, 3.8) is 0 Å². The number of thiazole rings is 1. The number of carboxylic acid groups (broad SMARTS) is 1. The van der Waals surface area contributed by atoms with E-state index in [9.17, 15) is 9.90 Å².